The molecule has 1 aromatic heterocycles. The van der Waals surface area contributed by atoms with Crippen LogP contribution in [-0.4, -0.2) is 11.8 Å². The summed E-state index contributed by atoms with van der Waals surface area (Å²) in [6.45, 7) is 0.532. The van der Waals surface area contributed by atoms with Crippen LogP contribution in [0.25, 0.3) is 0 Å². The van der Waals surface area contributed by atoms with Crippen molar-refractivity contribution in [2.75, 3.05) is 5.32 Å². The van der Waals surface area contributed by atoms with Crippen molar-refractivity contribution in [1.29, 1.82) is 0 Å². The number of benzene rings is 1. The van der Waals surface area contributed by atoms with Crippen molar-refractivity contribution in [2.24, 2.45) is 0 Å². The van der Waals surface area contributed by atoms with Gasteiger partial charge in [0.1, 0.15) is 0 Å². The first kappa shape index (κ1) is 14.8. The van der Waals surface area contributed by atoms with Gasteiger partial charge in [-0.25, -0.2) is 0 Å². The molecule has 5 heteroatoms. The van der Waals surface area contributed by atoms with E-state index in [-0.39, 0.29) is 11.8 Å². The monoisotopic (exact) mass is 314 g/mol. The first-order valence-electron chi connectivity index (χ1n) is 7.41. The first-order valence-corrected chi connectivity index (χ1v) is 8.29. The van der Waals surface area contributed by atoms with E-state index in [4.69, 9.17) is 0 Å². The maximum absolute atomic E-state index is 11.9. The van der Waals surface area contributed by atoms with E-state index in [9.17, 15) is 9.59 Å². The van der Waals surface area contributed by atoms with E-state index < -0.39 is 0 Å². The van der Waals surface area contributed by atoms with Gasteiger partial charge in [0.2, 0.25) is 11.8 Å². The van der Waals surface area contributed by atoms with E-state index in [0.29, 0.717) is 19.4 Å². The number of carbonyl (C=O) groups excluding carboxylic acids is 2. The average molecular weight is 314 g/mol. The van der Waals surface area contributed by atoms with Gasteiger partial charge in [-0.05, 0) is 41.5 Å². The fourth-order valence-electron chi connectivity index (χ4n) is 2.53. The zero-order chi connectivity index (χ0) is 15.4. The van der Waals surface area contributed by atoms with E-state index in [1.165, 1.54) is 4.88 Å². The molecule has 2 amide bonds. The molecule has 0 spiro atoms. The molecule has 0 atom stereocenters. The summed E-state index contributed by atoms with van der Waals surface area (Å²) in [4.78, 5) is 24.4. The number of thiophene rings is 1. The van der Waals surface area contributed by atoms with Crippen LogP contribution in [0.2, 0.25) is 0 Å². The van der Waals surface area contributed by atoms with E-state index in [1.807, 2.05) is 23.6 Å². The van der Waals surface area contributed by atoms with Gasteiger partial charge >= 0.3 is 0 Å². The molecule has 0 fully saturated rings. The quantitative estimate of drug-likeness (QED) is 0.891. The number of anilines is 1. The van der Waals surface area contributed by atoms with Gasteiger partial charge in [0.15, 0.2) is 0 Å². The Kier molecular flexibility index (Phi) is 4.53. The Hall–Kier alpha value is -2.14. The van der Waals surface area contributed by atoms with Crippen LogP contribution in [0.5, 0.6) is 0 Å². The summed E-state index contributed by atoms with van der Waals surface area (Å²) in [6, 6.07) is 9.98. The highest BCUT2D eigenvalue weighted by molar-refractivity contribution is 7.09. The van der Waals surface area contributed by atoms with Gasteiger partial charge in [-0.1, -0.05) is 18.2 Å². The molecule has 0 bridgehead atoms. The molecule has 1 aromatic carbocycles. The molecule has 0 unspecified atom stereocenters. The smallest absolute Gasteiger partial charge is 0.224 e. The molecule has 0 radical (unpaired) electrons. The number of nitrogens with one attached hydrogen (secondary N) is 2. The standard InChI is InChI=1S/C17H18N2O2S/c20-16(8-5-14-2-1-9-22-14)18-11-12-3-6-15-13(10-12)4-7-17(21)19-15/h1-3,6,9-10H,4-5,7-8,11H2,(H,18,20)(H,19,21). The van der Waals surface area contributed by atoms with Crippen molar-refractivity contribution in [3.05, 3.63) is 51.7 Å². The molecule has 2 N–H and O–H groups in total. The number of rotatable bonds is 5. The predicted octanol–water partition coefficient (Wildman–Crippen LogP) is 2.88. The first-order chi connectivity index (χ1) is 10.7. The Labute approximate surface area is 133 Å². The van der Waals surface area contributed by atoms with Crippen LogP contribution in [0.4, 0.5) is 5.69 Å². The molecule has 4 nitrogen and oxygen atoms in total. The molecule has 0 saturated carbocycles. The third-order valence-corrected chi connectivity index (χ3v) is 4.67. The van der Waals surface area contributed by atoms with Gasteiger partial charge in [-0.15, -0.1) is 11.3 Å². The van der Waals surface area contributed by atoms with Gasteiger partial charge in [0.05, 0.1) is 0 Å². The normalized spacial score (nSPS) is 13.4. The number of hydrogen-bond donors (Lipinski definition) is 2. The largest absolute Gasteiger partial charge is 0.352 e. The summed E-state index contributed by atoms with van der Waals surface area (Å²) >= 11 is 1.68. The number of aryl methyl sites for hydroxylation is 2. The number of fused-ring (bicyclic) bond motifs is 1. The third-order valence-electron chi connectivity index (χ3n) is 3.73. The zero-order valence-electron chi connectivity index (χ0n) is 12.2. The number of amides is 2. The second-order valence-corrected chi connectivity index (χ2v) is 6.43. The maximum atomic E-state index is 11.9. The van der Waals surface area contributed by atoms with Crippen molar-refractivity contribution in [3.63, 3.8) is 0 Å². The summed E-state index contributed by atoms with van der Waals surface area (Å²) in [6.07, 6.45) is 2.60. The number of carbonyl (C=O) groups is 2. The Morgan fingerprint density at radius 2 is 2.18 bits per heavy atom. The van der Waals surface area contributed by atoms with Gasteiger partial charge in [0, 0.05) is 30.0 Å². The predicted molar refractivity (Wildman–Crippen MR) is 87.9 cm³/mol. The molecule has 2 heterocycles. The minimum Gasteiger partial charge on any atom is -0.352 e. The third kappa shape index (κ3) is 3.74. The highest BCUT2D eigenvalue weighted by Crippen LogP contribution is 2.23. The number of hydrogen-bond acceptors (Lipinski definition) is 3. The lowest BCUT2D eigenvalue weighted by molar-refractivity contribution is -0.121. The fraction of sp³-hybridized carbons (Fsp3) is 0.294. The Morgan fingerprint density at radius 1 is 1.27 bits per heavy atom. The average Bonchev–Trinajstić information content (AvgIpc) is 3.04. The van der Waals surface area contributed by atoms with Crippen LogP contribution in [0.3, 0.4) is 0 Å². The Balaban J connectivity index is 1.51. The van der Waals surface area contributed by atoms with Gasteiger partial charge in [-0.3, -0.25) is 9.59 Å². The van der Waals surface area contributed by atoms with Crippen molar-refractivity contribution in [3.8, 4) is 0 Å². The molecule has 0 aliphatic carbocycles. The SMILES string of the molecule is O=C(CCc1cccs1)NCc1ccc2c(c1)CCC(=O)N2. The minimum atomic E-state index is 0.0689. The molecule has 1 aliphatic heterocycles. The zero-order valence-corrected chi connectivity index (χ0v) is 13.0. The van der Waals surface area contributed by atoms with Crippen molar-refractivity contribution < 1.29 is 9.59 Å². The lowest BCUT2D eigenvalue weighted by Crippen LogP contribution is -2.23. The van der Waals surface area contributed by atoms with Crippen LogP contribution in [0, 0.1) is 0 Å². The summed E-state index contributed by atoms with van der Waals surface area (Å²) in [7, 11) is 0. The Morgan fingerprint density at radius 3 is 3.00 bits per heavy atom. The molecule has 114 valence electrons. The molecular formula is C17H18N2O2S. The molecule has 3 rings (SSSR count). The van der Waals surface area contributed by atoms with Crippen LogP contribution in [0.1, 0.15) is 28.8 Å². The molecule has 1 aliphatic rings. The molecule has 22 heavy (non-hydrogen) atoms. The maximum Gasteiger partial charge on any atom is 0.224 e. The van der Waals surface area contributed by atoms with Crippen molar-refractivity contribution >= 4 is 28.8 Å². The molecule has 2 aromatic rings. The second kappa shape index (κ2) is 6.75. The summed E-state index contributed by atoms with van der Waals surface area (Å²) in [5.41, 5.74) is 3.10. The summed E-state index contributed by atoms with van der Waals surface area (Å²) in [5, 5.41) is 7.84. The van der Waals surface area contributed by atoms with E-state index in [2.05, 4.69) is 22.8 Å². The van der Waals surface area contributed by atoms with Crippen LogP contribution in [0.15, 0.2) is 35.7 Å². The van der Waals surface area contributed by atoms with Crippen molar-refractivity contribution in [2.45, 2.75) is 32.2 Å². The highest BCUT2D eigenvalue weighted by atomic mass is 32.1. The second-order valence-electron chi connectivity index (χ2n) is 5.40. The summed E-state index contributed by atoms with van der Waals surface area (Å²) < 4.78 is 0. The summed E-state index contributed by atoms with van der Waals surface area (Å²) in [5.74, 6) is 0.140. The van der Waals surface area contributed by atoms with Crippen molar-refractivity contribution in [1.82, 2.24) is 5.32 Å². The fourth-order valence-corrected chi connectivity index (χ4v) is 3.24. The molecule has 0 saturated heterocycles. The van der Waals surface area contributed by atoms with Crippen LogP contribution in [-0.2, 0) is 29.0 Å². The Bertz CT molecular complexity index is 680. The van der Waals surface area contributed by atoms with E-state index in [1.54, 1.807) is 11.3 Å². The van der Waals surface area contributed by atoms with Gasteiger partial charge in [-0.2, -0.15) is 0 Å². The van der Waals surface area contributed by atoms with Crippen LogP contribution >= 0.6 is 11.3 Å². The van der Waals surface area contributed by atoms with Gasteiger partial charge in [0.25, 0.3) is 0 Å². The molecular weight excluding hydrogens is 296 g/mol. The van der Waals surface area contributed by atoms with E-state index >= 15 is 0 Å². The van der Waals surface area contributed by atoms with Crippen LogP contribution < -0.4 is 10.6 Å². The van der Waals surface area contributed by atoms with Gasteiger partial charge < -0.3 is 10.6 Å². The lowest BCUT2D eigenvalue weighted by Gasteiger charge is -2.17. The minimum absolute atomic E-state index is 0.0689. The van der Waals surface area contributed by atoms with E-state index in [0.717, 1.165) is 29.7 Å². The topological polar surface area (TPSA) is 58.2 Å². The lowest BCUT2D eigenvalue weighted by atomic mass is 10.0. The highest BCUT2D eigenvalue weighted by Gasteiger charge is 2.14.